The minimum absolute atomic E-state index is 0.0156. The van der Waals surface area contributed by atoms with Crippen LogP contribution in [0.1, 0.15) is 12.5 Å². The molecule has 1 N–H and O–H groups in total. The van der Waals surface area contributed by atoms with E-state index in [-0.39, 0.29) is 23.7 Å². The van der Waals surface area contributed by atoms with Gasteiger partial charge in [0.25, 0.3) is 0 Å². The number of benzene rings is 2. The average Bonchev–Trinajstić information content (AvgIpc) is 2.74. The Labute approximate surface area is 175 Å². The Morgan fingerprint density at radius 2 is 2.00 bits per heavy atom. The number of amides is 1. The molecule has 0 spiro atoms. The van der Waals surface area contributed by atoms with Crippen LogP contribution in [0.15, 0.2) is 53.4 Å². The lowest BCUT2D eigenvalue weighted by atomic mass is 10.2. The molecule has 7 nitrogen and oxygen atoms in total. The summed E-state index contributed by atoms with van der Waals surface area (Å²) in [6.45, 7) is 3.21. The predicted octanol–water partition coefficient (Wildman–Crippen LogP) is 2.90. The Morgan fingerprint density at radius 1 is 1.23 bits per heavy atom. The van der Waals surface area contributed by atoms with Crippen LogP contribution in [-0.4, -0.2) is 51.5 Å². The van der Waals surface area contributed by atoms with Crippen molar-refractivity contribution in [3.8, 4) is 5.75 Å². The molecule has 0 atom stereocenters. The molecular weight excluding hydrogens is 411 g/mol. The number of ether oxygens (including phenoxy) is 2. The van der Waals surface area contributed by atoms with Crippen LogP contribution in [0.3, 0.4) is 0 Å². The molecule has 30 heavy (non-hydrogen) atoms. The van der Waals surface area contributed by atoms with Gasteiger partial charge in [0.1, 0.15) is 16.5 Å². The lowest BCUT2D eigenvalue weighted by molar-refractivity contribution is -0.111. The fourth-order valence-electron chi connectivity index (χ4n) is 2.95. The Hall–Kier alpha value is -2.75. The molecule has 1 aliphatic rings. The quantitative estimate of drug-likeness (QED) is 0.678. The van der Waals surface area contributed by atoms with Gasteiger partial charge in [-0.05, 0) is 48.9 Å². The highest BCUT2D eigenvalue weighted by Gasteiger charge is 2.29. The number of hydrogen-bond acceptors (Lipinski definition) is 5. The summed E-state index contributed by atoms with van der Waals surface area (Å²) >= 11 is 0. The lowest BCUT2D eigenvalue weighted by Crippen LogP contribution is -2.40. The fourth-order valence-corrected chi connectivity index (χ4v) is 4.52. The maximum Gasteiger partial charge on any atom is 0.248 e. The number of hydrogen-bond donors (Lipinski definition) is 1. The first-order chi connectivity index (χ1) is 14.4. The summed E-state index contributed by atoms with van der Waals surface area (Å²) in [5, 5.41) is 2.63. The molecular formula is C21H23FN2O5S. The van der Waals surface area contributed by atoms with E-state index < -0.39 is 21.7 Å². The van der Waals surface area contributed by atoms with Crippen molar-refractivity contribution in [3.05, 3.63) is 59.9 Å². The molecule has 1 aliphatic heterocycles. The minimum atomic E-state index is -3.82. The molecule has 160 valence electrons. The summed E-state index contributed by atoms with van der Waals surface area (Å²) in [5.74, 6) is -0.655. The van der Waals surface area contributed by atoms with E-state index in [0.717, 1.165) is 0 Å². The number of carbonyl (C=O) groups excluding carboxylic acids is 1. The first-order valence-electron chi connectivity index (χ1n) is 9.49. The normalized spacial score (nSPS) is 15.3. The summed E-state index contributed by atoms with van der Waals surface area (Å²) in [7, 11) is -3.82. The molecule has 1 amide bonds. The van der Waals surface area contributed by atoms with E-state index in [1.807, 2.05) is 0 Å². The van der Waals surface area contributed by atoms with Gasteiger partial charge in [0, 0.05) is 24.9 Å². The van der Waals surface area contributed by atoms with E-state index in [1.165, 1.54) is 40.7 Å². The zero-order valence-electron chi connectivity index (χ0n) is 16.5. The molecule has 3 rings (SSSR count). The summed E-state index contributed by atoms with van der Waals surface area (Å²) in [4.78, 5) is 12.2. The molecule has 2 aromatic rings. The fraction of sp³-hybridized carbons (Fsp3) is 0.286. The largest absolute Gasteiger partial charge is 0.492 e. The Morgan fingerprint density at radius 3 is 2.70 bits per heavy atom. The van der Waals surface area contributed by atoms with Crippen LogP contribution in [0.4, 0.5) is 10.1 Å². The molecule has 0 aliphatic carbocycles. The van der Waals surface area contributed by atoms with Crippen LogP contribution >= 0.6 is 0 Å². The standard InChI is InChI=1S/C21H23FN2O5S/c1-2-29-19-8-7-18(15-20(19)30(26,27)24-10-12-28-13-11-24)23-21(25)9-6-16-4-3-5-17(22)14-16/h3-9,14-15H,2,10-13H2,1H3,(H,23,25)/b9-6+. The van der Waals surface area contributed by atoms with Crippen molar-refractivity contribution in [1.82, 2.24) is 4.31 Å². The van der Waals surface area contributed by atoms with Gasteiger partial charge >= 0.3 is 0 Å². The zero-order chi connectivity index (χ0) is 21.6. The first-order valence-corrected chi connectivity index (χ1v) is 10.9. The van der Waals surface area contributed by atoms with E-state index >= 15 is 0 Å². The summed E-state index contributed by atoms with van der Waals surface area (Å²) in [5.41, 5.74) is 0.839. The molecule has 0 unspecified atom stereocenters. The van der Waals surface area contributed by atoms with Crippen LogP contribution in [0.25, 0.3) is 6.08 Å². The van der Waals surface area contributed by atoms with Crippen molar-refractivity contribution < 1.29 is 27.1 Å². The summed E-state index contributed by atoms with van der Waals surface area (Å²) in [6.07, 6.45) is 2.72. The van der Waals surface area contributed by atoms with Crippen molar-refractivity contribution in [1.29, 1.82) is 0 Å². The predicted molar refractivity (Wildman–Crippen MR) is 111 cm³/mol. The minimum Gasteiger partial charge on any atom is -0.492 e. The van der Waals surface area contributed by atoms with E-state index in [2.05, 4.69) is 5.32 Å². The van der Waals surface area contributed by atoms with Gasteiger partial charge in [0.2, 0.25) is 15.9 Å². The number of nitrogens with one attached hydrogen (secondary N) is 1. The third kappa shape index (κ3) is 5.44. The summed E-state index contributed by atoms with van der Waals surface area (Å²) < 4.78 is 51.5. The van der Waals surface area contributed by atoms with Crippen LogP contribution in [0, 0.1) is 5.82 Å². The van der Waals surface area contributed by atoms with Gasteiger partial charge in [0.05, 0.1) is 19.8 Å². The number of morpholine rings is 1. The maximum atomic E-state index is 13.2. The highest BCUT2D eigenvalue weighted by Crippen LogP contribution is 2.30. The lowest BCUT2D eigenvalue weighted by Gasteiger charge is -2.27. The monoisotopic (exact) mass is 434 g/mol. The second-order valence-electron chi connectivity index (χ2n) is 6.49. The van der Waals surface area contributed by atoms with E-state index in [4.69, 9.17) is 9.47 Å². The van der Waals surface area contributed by atoms with Gasteiger partial charge in [-0.1, -0.05) is 12.1 Å². The van der Waals surface area contributed by atoms with Crippen LogP contribution < -0.4 is 10.1 Å². The number of sulfonamides is 1. The molecule has 2 aromatic carbocycles. The molecule has 9 heteroatoms. The van der Waals surface area contributed by atoms with Gasteiger partial charge in [-0.3, -0.25) is 4.79 Å². The third-order valence-corrected chi connectivity index (χ3v) is 6.29. The summed E-state index contributed by atoms with van der Waals surface area (Å²) in [6, 6.07) is 10.3. The Bertz CT molecular complexity index is 1030. The molecule has 1 fully saturated rings. The molecule has 0 bridgehead atoms. The number of nitrogens with zero attached hydrogens (tertiary/aromatic N) is 1. The second kappa shape index (κ2) is 9.84. The maximum absolute atomic E-state index is 13.2. The SMILES string of the molecule is CCOc1ccc(NC(=O)/C=C/c2cccc(F)c2)cc1S(=O)(=O)N1CCOCC1. The number of halogens is 1. The van der Waals surface area contributed by atoms with Crippen molar-refractivity contribution in [3.63, 3.8) is 0 Å². The topological polar surface area (TPSA) is 84.9 Å². The van der Waals surface area contributed by atoms with E-state index in [0.29, 0.717) is 31.1 Å². The van der Waals surface area contributed by atoms with Crippen LogP contribution in [-0.2, 0) is 19.6 Å². The Kier molecular flexibility index (Phi) is 7.20. The van der Waals surface area contributed by atoms with E-state index in [1.54, 1.807) is 25.1 Å². The smallest absolute Gasteiger partial charge is 0.248 e. The third-order valence-electron chi connectivity index (χ3n) is 4.37. The number of anilines is 1. The van der Waals surface area contributed by atoms with E-state index in [9.17, 15) is 17.6 Å². The van der Waals surface area contributed by atoms with Gasteiger partial charge < -0.3 is 14.8 Å². The highest BCUT2D eigenvalue weighted by atomic mass is 32.2. The molecule has 1 heterocycles. The van der Waals surface area contributed by atoms with Crippen LogP contribution in [0.2, 0.25) is 0 Å². The first kappa shape index (κ1) is 21.9. The van der Waals surface area contributed by atoms with Gasteiger partial charge in [-0.25, -0.2) is 12.8 Å². The van der Waals surface area contributed by atoms with Gasteiger partial charge in [-0.2, -0.15) is 4.31 Å². The average molecular weight is 434 g/mol. The number of rotatable bonds is 7. The van der Waals surface area contributed by atoms with Crippen molar-refractivity contribution >= 4 is 27.7 Å². The van der Waals surface area contributed by atoms with Gasteiger partial charge in [0.15, 0.2) is 0 Å². The van der Waals surface area contributed by atoms with Crippen molar-refractivity contribution in [2.24, 2.45) is 0 Å². The second-order valence-corrected chi connectivity index (χ2v) is 8.39. The highest BCUT2D eigenvalue weighted by molar-refractivity contribution is 7.89. The van der Waals surface area contributed by atoms with Crippen molar-refractivity contribution in [2.75, 3.05) is 38.2 Å². The Balaban J connectivity index is 1.82. The number of carbonyl (C=O) groups is 1. The molecule has 0 aromatic heterocycles. The van der Waals surface area contributed by atoms with Gasteiger partial charge in [-0.15, -0.1) is 0 Å². The molecule has 1 saturated heterocycles. The molecule has 0 saturated carbocycles. The molecule has 0 radical (unpaired) electrons. The van der Waals surface area contributed by atoms with Crippen LogP contribution in [0.5, 0.6) is 5.75 Å². The van der Waals surface area contributed by atoms with Crippen molar-refractivity contribution in [2.45, 2.75) is 11.8 Å². The zero-order valence-corrected chi connectivity index (χ0v) is 17.3.